The van der Waals surface area contributed by atoms with Crippen molar-refractivity contribution in [1.82, 2.24) is 19.7 Å². The Morgan fingerprint density at radius 2 is 1.82 bits per heavy atom. The van der Waals surface area contributed by atoms with E-state index in [4.69, 9.17) is 4.74 Å². The van der Waals surface area contributed by atoms with Crippen LogP contribution in [0.1, 0.15) is 17.9 Å². The van der Waals surface area contributed by atoms with Crippen molar-refractivity contribution < 1.29 is 36.6 Å². The van der Waals surface area contributed by atoms with Crippen molar-refractivity contribution in [2.24, 2.45) is 5.41 Å². The maximum absolute atomic E-state index is 14.7. The molecule has 3 aliphatic rings. The lowest BCUT2D eigenvalue weighted by atomic mass is 9.62. The Morgan fingerprint density at radius 1 is 1.10 bits per heavy atom. The molecule has 0 radical (unpaired) electrons. The van der Waals surface area contributed by atoms with Crippen molar-refractivity contribution >= 4 is 5.97 Å². The third-order valence-corrected chi connectivity index (χ3v) is 7.09. The third-order valence-electron chi connectivity index (χ3n) is 7.09. The van der Waals surface area contributed by atoms with Crippen LogP contribution in [0.25, 0.3) is 22.8 Å². The molecule has 0 fully saturated rings. The second-order valence-corrected chi connectivity index (χ2v) is 9.36. The van der Waals surface area contributed by atoms with Crippen LogP contribution in [0.2, 0.25) is 0 Å². The van der Waals surface area contributed by atoms with Crippen molar-refractivity contribution in [2.45, 2.75) is 30.7 Å². The minimum absolute atomic E-state index is 0.0896. The number of methoxy groups -OCH3 is 1. The zero-order chi connectivity index (χ0) is 28.0. The number of carbonyl (C=O) groups is 1. The van der Waals surface area contributed by atoms with Crippen molar-refractivity contribution in [3.63, 3.8) is 0 Å². The lowest BCUT2D eigenvalue weighted by Gasteiger charge is -2.46. The van der Waals surface area contributed by atoms with E-state index >= 15 is 0 Å². The lowest BCUT2D eigenvalue weighted by Crippen LogP contribution is -2.57. The number of rotatable bonds is 6. The number of halogens is 5. The lowest BCUT2D eigenvalue weighted by molar-refractivity contribution is -0.250. The molecule has 2 heterocycles. The number of aromatic nitrogens is 4. The highest BCUT2D eigenvalue weighted by Crippen LogP contribution is 2.57. The highest BCUT2D eigenvalue weighted by molar-refractivity contribution is 5.79. The highest BCUT2D eigenvalue weighted by atomic mass is 19.4. The summed E-state index contributed by atoms with van der Waals surface area (Å²) in [5.74, 6) is -5.80. The molecule has 1 aliphatic carbocycles. The molecule has 12 heteroatoms. The molecular formula is C27H21F5N4O3. The number of ether oxygens (including phenoxy) is 1. The number of nitrogens with zero attached hydrogens (tertiary/aromatic N) is 4. The Morgan fingerprint density at radius 3 is 2.49 bits per heavy atom. The number of allylic oxidation sites excluding steroid dienone is 1. The average Bonchev–Trinajstić information content (AvgIpc) is 3.33. The summed E-state index contributed by atoms with van der Waals surface area (Å²) < 4.78 is 78.7. The first-order valence-corrected chi connectivity index (χ1v) is 11.7. The smallest absolute Gasteiger partial charge is 0.405 e. The van der Waals surface area contributed by atoms with Crippen LogP contribution >= 0.6 is 0 Å². The van der Waals surface area contributed by atoms with Crippen LogP contribution < -0.4 is 0 Å². The molecule has 0 saturated carbocycles. The number of fused-ring (bicyclic) bond motifs is 1. The fraction of sp³-hybridized carbons (Fsp3) is 0.259. The Balaban J connectivity index is 1.55. The van der Waals surface area contributed by atoms with Gasteiger partial charge in [-0.2, -0.15) is 18.3 Å². The molecule has 3 unspecified atom stereocenters. The van der Waals surface area contributed by atoms with Gasteiger partial charge in [0, 0.05) is 19.4 Å². The molecule has 2 aliphatic heterocycles. The second kappa shape index (κ2) is 9.53. The summed E-state index contributed by atoms with van der Waals surface area (Å²) in [4.78, 5) is 20.8. The predicted molar refractivity (Wildman–Crippen MR) is 129 cm³/mol. The largest absolute Gasteiger partial charge is 0.481 e. The molecule has 3 atom stereocenters. The van der Waals surface area contributed by atoms with Gasteiger partial charge < -0.3 is 9.84 Å². The van der Waals surface area contributed by atoms with E-state index in [2.05, 4.69) is 15.1 Å². The van der Waals surface area contributed by atoms with E-state index in [1.165, 1.54) is 60.6 Å². The number of alkyl halides is 3. The predicted octanol–water partition coefficient (Wildman–Crippen LogP) is 5.49. The quantitative estimate of drug-likeness (QED) is 0.255. The SMILES string of the molecule is COC1(Cn2cc3nc(-c4cccc(F)c4F)nc-3cn2)C=CC(c2ccccc2)C(C(=O)O)(C(F)(F)F)C1. The number of carboxylic acids is 1. The molecule has 2 aromatic rings. The molecule has 0 amide bonds. The maximum Gasteiger partial charge on any atom is 0.405 e. The topological polar surface area (TPSA) is 90.1 Å². The van der Waals surface area contributed by atoms with E-state index < -0.39 is 47.1 Å². The van der Waals surface area contributed by atoms with Gasteiger partial charge in [0.25, 0.3) is 0 Å². The van der Waals surface area contributed by atoms with Crippen LogP contribution in [-0.4, -0.2) is 49.7 Å². The summed E-state index contributed by atoms with van der Waals surface area (Å²) in [5.41, 5.74) is -4.39. The number of benzene rings is 2. The average molecular weight is 544 g/mol. The van der Waals surface area contributed by atoms with Gasteiger partial charge in [-0.1, -0.05) is 48.6 Å². The Hall–Kier alpha value is -4.19. The van der Waals surface area contributed by atoms with Gasteiger partial charge in [-0.25, -0.2) is 18.7 Å². The Labute approximate surface area is 218 Å². The van der Waals surface area contributed by atoms with Gasteiger partial charge in [-0.15, -0.1) is 0 Å². The molecular weight excluding hydrogens is 523 g/mol. The maximum atomic E-state index is 14.7. The van der Waals surface area contributed by atoms with Crippen molar-refractivity contribution in [3.8, 4) is 22.8 Å². The number of hydrogen-bond donors (Lipinski definition) is 1. The van der Waals surface area contributed by atoms with Crippen LogP contribution in [0.5, 0.6) is 0 Å². The van der Waals surface area contributed by atoms with Gasteiger partial charge >= 0.3 is 12.1 Å². The van der Waals surface area contributed by atoms with Crippen LogP contribution in [0.3, 0.4) is 0 Å². The van der Waals surface area contributed by atoms with E-state index in [-0.39, 0.29) is 34.9 Å². The summed E-state index contributed by atoms with van der Waals surface area (Å²) >= 11 is 0. The first-order valence-electron chi connectivity index (χ1n) is 11.7. The van der Waals surface area contributed by atoms with Gasteiger partial charge in [0.15, 0.2) is 22.9 Å². The Bertz CT molecular complexity index is 1520. The van der Waals surface area contributed by atoms with Crippen molar-refractivity contribution in [2.75, 3.05) is 7.11 Å². The van der Waals surface area contributed by atoms with Crippen LogP contribution in [0.4, 0.5) is 22.0 Å². The molecule has 0 saturated heterocycles. The van der Waals surface area contributed by atoms with E-state index in [9.17, 15) is 31.9 Å². The minimum Gasteiger partial charge on any atom is -0.481 e. The summed E-state index contributed by atoms with van der Waals surface area (Å²) in [6.45, 7) is -0.293. The minimum atomic E-state index is -5.13. The number of carboxylic acid groups (broad SMARTS) is 1. The number of imidazole rings is 1. The molecule has 0 bridgehead atoms. The van der Waals surface area contributed by atoms with E-state index in [1.807, 2.05) is 0 Å². The van der Waals surface area contributed by atoms with Crippen LogP contribution in [-0.2, 0) is 16.1 Å². The van der Waals surface area contributed by atoms with E-state index in [1.54, 1.807) is 18.2 Å². The third kappa shape index (κ3) is 4.44. The summed E-state index contributed by atoms with van der Waals surface area (Å²) in [5, 5.41) is 14.2. The molecule has 39 heavy (non-hydrogen) atoms. The van der Waals surface area contributed by atoms with Crippen LogP contribution in [0.15, 0.2) is 73.1 Å². The van der Waals surface area contributed by atoms with Gasteiger partial charge in [0.2, 0.25) is 0 Å². The van der Waals surface area contributed by atoms with Gasteiger partial charge in [-0.3, -0.25) is 9.48 Å². The number of aliphatic carboxylic acids is 1. The van der Waals surface area contributed by atoms with Crippen molar-refractivity contribution in [3.05, 3.63) is 90.3 Å². The first kappa shape index (κ1) is 26.4. The van der Waals surface area contributed by atoms with Gasteiger partial charge in [-0.05, 0) is 17.7 Å². The first-order chi connectivity index (χ1) is 18.5. The van der Waals surface area contributed by atoms with E-state index in [0.29, 0.717) is 0 Å². The Kier molecular flexibility index (Phi) is 6.45. The summed E-state index contributed by atoms with van der Waals surface area (Å²) in [6.07, 6.45) is -0.755. The molecule has 5 rings (SSSR count). The normalized spacial score (nSPS) is 23.3. The molecule has 2 aromatic carbocycles. The molecule has 1 N–H and O–H groups in total. The van der Waals surface area contributed by atoms with E-state index in [0.717, 1.165) is 6.07 Å². The standard InChI is InChI=1S/C27H21F5N4O3/c1-39-25(11-10-18(16-6-3-2-4-7-16)26(14-25,24(37)38)27(30,31)32)15-36-13-21-20(12-33-36)34-23(35-21)17-8-5-9-19(28)22(17)29/h2-13,18H,14-15H2,1H3,(H,37,38). The second-order valence-electron chi connectivity index (χ2n) is 9.36. The fourth-order valence-corrected chi connectivity index (χ4v) is 5.07. The zero-order valence-electron chi connectivity index (χ0n) is 20.4. The van der Waals surface area contributed by atoms with Gasteiger partial charge in [0.1, 0.15) is 17.0 Å². The fourth-order valence-electron chi connectivity index (χ4n) is 5.07. The monoisotopic (exact) mass is 544 g/mol. The summed E-state index contributed by atoms with van der Waals surface area (Å²) in [6, 6.07) is 11.2. The molecule has 0 spiro atoms. The molecule has 202 valence electrons. The van der Waals surface area contributed by atoms with Crippen molar-refractivity contribution in [1.29, 1.82) is 0 Å². The molecule has 7 nitrogen and oxygen atoms in total. The number of hydrogen-bond acceptors (Lipinski definition) is 5. The zero-order valence-corrected chi connectivity index (χ0v) is 20.4. The molecule has 0 aromatic heterocycles. The highest BCUT2D eigenvalue weighted by Gasteiger charge is 2.68. The van der Waals surface area contributed by atoms with Gasteiger partial charge in [0.05, 0.1) is 24.5 Å². The summed E-state index contributed by atoms with van der Waals surface area (Å²) in [7, 11) is 1.20. The van der Waals surface area contributed by atoms with Crippen LogP contribution in [0, 0.1) is 17.0 Å².